The predicted molar refractivity (Wildman–Crippen MR) is 112 cm³/mol. The van der Waals surface area contributed by atoms with E-state index in [2.05, 4.69) is 48.3 Å². The maximum atomic E-state index is 12.7. The van der Waals surface area contributed by atoms with E-state index in [9.17, 15) is 4.79 Å². The van der Waals surface area contributed by atoms with E-state index in [1.165, 1.54) is 17.7 Å². The third-order valence-corrected chi connectivity index (χ3v) is 6.02. The normalized spacial score (nSPS) is 23.4. The number of para-hydroxylation sites is 1. The van der Waals surface area contributed by atoms with Crippen LogP contribution in [-0.4, -0.2) is 31.7 Å². The van der Waals surface area contributed by atoms with Crippen molar-refractivity contribution in [1.29, 1.82) is 0 Å². The lowest BCUT2D eigenvalue weighted by Gasteiger charge is -2.25. The third kappa shape index (κ3) is 3.79. The summed E-state index contributed by atoms with van der Waals surface area (Å²) in [6.45, 7) is 7.70. The second-order valence-electron chi connectivity index (χ2n) is 8.61. The fourth-order valence-corrected chi connectivity index (χ4v) is 4.45. The van der Waals surface area contributed by atoms with Crippen LogP contribution in [0.2, 0.25) is 0 Å². The molecule has 1 amide bonds. The Hall–Kier alpha value is -2.33. The van der Waals surface area contributed by atoms with Crippen LogP contribution in [0.3, 0.4) is 0 Å². The first kappa shape index (κ1) is 19.0. The summed E-state index contributed by atoms with van der Waals surface area (Å²) in [6.07, 6.45) is 1.55. The van der Waals surface area contributed by atoms with Crippen LogP contribution in [0.1, 0.15) is 37.8 Å². The molecule has 0 bridgehead atoms. The number of carbonyl (C=O) groups excluding carboxylic acids is 1. The summed E-state index contributed by atoms with van der Waals surface area (Å²) in [5, 5.41) is 3.04. The fraction of sp³-hybridized carbons (Fsp3) is 0.458. The van der Waals surface area contributed by atoms with Gasteiger partial charge >= 0.3 is 0 Å². The van der Waals surface area contributed by atoms with Gasteiger partial charge in [-0.1, -0.05) is 62.4 Å². The molecule has 2 unspecified atom stereocenters. The summed E-state index contributed by atoms with van der Waals surface area (Å²) in [7, 11) is 0. The van der Waals surface area contributed by atoms with Crippen LogP contribution in [-0.2, 0) is 21.5 Å². The molecular formula is C24H30N2O2. The van der Waals surface area contributed by atoms with Crippen molar-refractivity contribution in [2.45, 2.75) is 44.8 Å². The number of ether oxygens (including phenoxy) is 1. The number of hydrogen-bond donors (Lipinski definition) is 1. The second-order valence-corrected chi connectivity index (χ2v) is 8.61. The molecule has 1 saturated heterocycles. The Labute approximate surface area is 167 Å². The monoisotopic (exact) mass is 378 g/mol. The zero-order valence-corrected chi connectivity index (χ0v) is 16.9. The summed E-state index contributed by atoms with van der Waals surface area (Å²) in [5.74, 6) is 0.680. The van der Waals surface area contributed by atoms with Crippen molar-refractivity contribution in [3.05, 3.63) is 65.7 Å². The SMILES string of the molecule is CC(C)CCN1CC2(COC(C(=O)NCc3ccccc3)C2)c2ccccc21. The first-order valence-electron chi connectivity index (χ1n) is 10.4. The molecule has 2 heterocycles. The maximum absolute atomic E-state index is 12.7. The molecule has 4 nitrogen and oxygen atoms in total. The predicted octanol–water partition coefficient (Wildman–Crippen LogP) is 3.90. The highest BCUT2D eigenvalue weighted by Crippen LogP contribution is 2.47. The quantitative estimate of drug-likeness (QED) is 0.829. The Morgan fingerprint density at radius 2 is 1.93 bits per heavy atom. The van der Waals surface area contributed by atoms with Crippen molar-refractivity contribution in [3.63, 3.8) is 0 Å². The van der Waals surface area contributed by atoms with Crippen LogP contribution in [0.5, 0.6) is 0 Å². The minimum Gasteiger partial charge on any atom is -0.370 e. The lowest BCUT2D eigenvalue weighted by molar-refractivity contribution is -0.130. The van der Waals surface area contributed by atoms with Gasteiger partial charge in [0.25, 0.3) is 0 Å². The summed E-state index contributed by atoms with van der Waals surface area (Å²) >= 11 is 0. The lowest BCUT2D eigenvalue weighted by atomic mass is 9.80. The first-order valence-corrected chi connectivity index (χ1v) is 10.4. The molecule has 0 saturated carbocycles. The number of benzene rings is 2. The Morgan fingerprint density at radius 1 is 1.18 bits per heavy atom. The van der Waals surface area contributed by atoms with Gasteiger partial charge in [-0.2, -0.15) is 0 Å². The molecule has 0 aliphatic carbocycles. The van der Waals surface area contributed by atoms with E-state index in [0.29, 0.717) is 19.1 Å². The highest BCUT2D eigenvalue weighted by Gasteiger charge is 2.50. The van der Waals surface area contributed by atoms with E-state index >= 15 is 0 Å². The van der Waals surface area contributed by atoms with Gasteiger partial charge in [0, 0.05) is 30.7 Å². The molecule has 2 aromatic rings. The number of hydrogen-bond acceptors (Lipinski definition) is 3. The van der Waals surface area contributed by atoms with Gasteiger partial charge in [-0.05, 0) is 36.0 Å². The Bertz CT molecular complexity index is 820. The van der Waals surface area contributed by atoms with Gasteiger partial charge in [-0.3, -0.25) is 4.79 Å². The van der Waals surface area contributed by atoms with Crippen LogP contribution in [0.4, 0.5) is 5.69 Å². The molecular weight excluding hydrogens is 348 g/mol. The number of nitrogens with zero attached hydrogens (tertiary/aromatic N) is 1. The van der Waals surface area contributed by atoms with Crippen LogP contribution in [0.25, 0.3) is 0 Å². The maximum Gasteiger partial charge on any atom is 0.249 e. The van der Waals surface area contributed by atoms with Crippen molar-refractivity contribution >= 4 is 11.6 Å². The Morgan fingerprint density at radius 3 is 2.71 bits per heavy atom. The number of amides is 1. The molecule has 2 aliphatic rings. The smallest absolute Gasteiger partial charge is 0.249 e. The van der Waals surface area contributed by atoms with Crippen molar-refractivity contribution in [2.24, 2.45) is 5.92 Å². The minimum atomic E-state index is -0.373. The Kier molecular flexibility index (Phi) is 5.40. The van der Waals surface area contributed by atoms with Crippen LogP contribution >= 0.6 is 0 Å². The average molecular weight is 379 g/mol. The van der Waals surface area contributed by atoms with Gasteiger partial charge in [0.15, 0.2) is 0 Å². The molecule has 28 heavy (non-hydrogen) atoms. The van der Waals surface area contributed by atoms with Crippen molar-refractivity contribution in [2.75, 3.05) is 24.6 Å². The molecule has 1 spiro atoms. The molecule has 1 N–H and O–H groups in total. The molecule has 148 valence electrons. The van der Waals surface area contributed by atoms with E-state index in [-0.39, 0.29) is 17.4 Å². The van der Waals surface area contributed by atoms with Crippen LogP contribution in [0, 0.1) is 5.92 Å². The van der Waals surface area contributed by atoms with E-state index in [1.807, 2.05) is 30.3 Å². The van der Waals surface area contributed by atoms with Crippen molar-refractivity contribution in [3.8, 4) is 0 Å². The summed E-state index contributed by atoms with van der Waals surface area (Å²) < 4.78 is 6.03. The van der Waals surface area contributed by atoms with E-state index in [1.54, 1.807) is 0 Å². The van der Waals surface area contributed by atoms with E-state index < -0.39 is 0 Å². The van der Waals surface area contributed by atoms with E-state index in [4.69, 9.17) is 4.74 Å². The number of rotatable bonds is 6. The number of fused-ring (bicyclic) bond motifs is 2. The van der Waals surface area contributed by atoms with Gasteiger partial charge in [0.05, 0.1) is 6.61 Å². The summed E-state index contributed by atoms with van der Waals surface area (Å²) in [4.78, 5) is 15.2. The van der Waals surface area contributed by atoms with Gasteiger partial charge in [0.2, 0.25) is 5.91 Å². The first-order chi connectivity index (χ1) is 13.6. The van der Waals surface area contributed by atoms with Gasteiger partial charge < -0.3 is 15.0 Å². The molecule has 0 radical (unpaired) electrons. The number of anilines is 1. The van der Waals surface area contributed by atoms with Gasteiger partial charge in [-0.15, -0.1) is 0 Å². The van der Waals surface area contributed by atoms with Crippen molar-refractivity contribution < 1.29 is 9.53 Å². The van der Waals surface area contributed by atoms with Crippen LogP contribution in [0.15, 0.2) is 54.6 Å². The molecule has 2 atom stereocenters. The van der Waals surface area contributed by atoms with E-state index in [0.717, 1.165) is 25.1 Å². The van der Waals surface area contributed by atoms with Gasteiger partial charge in [0.1, 0.15) is 6.10 Å². The number of carbonyl (C=O) groups is 1. The molecule has 4 rings (SSSR count). The van der Waals surface area contributed by atoms with Crippen LogP contribution < -0.4 is 10.2 Å². The molecule has 2 aliphatic heterocycles. The molecule has 1 fully saturated rings. The zero-order valence-electron chi connectivity index (χ0n) is 16.9. The summed E-state index contributed by atoms with van der Waals surface area (Å²) in [6, 6.07) is 18.7. The number of nitrogens with one attached hydrogen (secondary N) is 1. The largest absolute Gasteiger partial charge is 0.370 e. The minimum absolute atomic E-state index is 0.00107. The lowest BCUT2D eigenvalue weighted by Crippen LogP contribution is -2.37. The highest BCUT2D eigenvalue weighted by molar-refractivity contribution is 5.81. The highest BCUT2D eigenvalue weighted by atomic mass is 16.5. The third-order valence-electron chi connectivity index (χ3n) is 6.02. The van der Waals surface area contributed by atoms with Crippen molar-refractivity contribution in [1.82, 2.24) is 5.32 Å². The Balaban J connectivity index is 1.44. The zero-order chi connectivity index (χ0) is 19.6. The average Bonchev–Trinajstić information content (AvgIpc) is 3.28. The molecule has 0 aromatic heterocycles. The summed E-state index contributed by atoms with van der Waals surface area (Å²) in [5.41, 5.74) is 3.70. The standard InChI is InChI=1S/C24H30N2O2/c1-18(2)12-13-26-16-24(20-10-6-7-11-21(20)26)14-22(28-17-24)23(27)25-15-19-8-4-3-5-9-19/h3-11,18,22H,12-17H2,1-2H3,(H,25,27). The fourth-order valence-electron chi connectivity index (χ4n) is 4.45. The topological polar surface area (TPSA) is 41.6 Å². The van der Waals surface area contributed by atoms with Gasteiger partial charge in [-0.25, -0.2) is 0 Å². The second kappa shape index (κ2) is 7.96. The molecule has 4 heteroatoms. The molecule has 2 aromatic carbocycles.